The van der Waals surface area contributed by atoms with Crippen LogP contribution in [-0.2, 0) is 4.74 Å². The number of para-hydroxylation sites is 1. The minimum Gasteiger partial charge on any atom is -0.459 e. The number of ether oxygens (including phenoxy) is 1. The summed E-state index contributed by atoms with van der Waals surface area (Å²) in [6, 6.07) is 13.8. The Morgan fingerprint density at radius 1 is 1.12 bits per heavy atom. The van der Waals surface area contributed by atoms with Crippen molar-refractivity contribution in [3.05, 3.63) is 69.2 Å². The van der Waals surface area contributed by atoms with Crippen LogP contribution >= 0.6 is 12.2 Å². The highest BCUT2D eigenvalue weighted by Gasteiger charge is 2.11. The fourth-order valence-electron chi connectivity index (χ4n) is 2.43. The van der Waals surface area contributed by atoms with E-state index in [4.69, 9.17) is 17.0 Å². The van der Waals surface area contributed by atoms with Crippen LogP contribution in [0.3, 0.4) is 0 Å². The third-order valence-electron chi connectivity index (χ3n) is 3.51. The molecule has 0 atom stereocenters. The molecule has 0 bridgehead atoms. The number of H-pyrrole nitrogens is 1. The Labute approximate surface area is 143 Å². The SMILES string of the molecule is CC(C)OC(=O)c1ccc(-n2c(=S)[nH]c3ccccc3c2=O)cc1. The molecule has 1 aromatic heterocycles. The van der Waals surface area contributed by atoms with E-state index in [9.17, 15) is 9.59 Å². The molecule has 3 aromatic rings. The van der Waals surface area contributed by atoms with Crippen LogP contribution in [0.25, 0.3) is 16.6 Å². The van der Waals surface area contributed by atoms with Gasteiger partial charge in [0, 0.05) is 0 Å². The average Bonchev–Trinajstić information content (AvgIpc) is 2.55. The van der Waals surface area contributed by atoms with Crippen molar-refractivity contribution >= 4 is 29.1 Å². The lowest BCUT2D eigenvalue weighted by atomic mass is 10.2. The number of nitrogens with zero attached hydrogens (tertiary/aromatic N) is 1. The molecule has 0 aliphatic rings. The molecule has 2 aromatic carbocycles. The fourth-order valence-corrected chi connectivity index (χ4v) is 2.72. The molecule has 0 aliphatic heterocycles. The normalized spacial score (nSPS) is 11.0. The standard InChI is InChI=1S/C18H16N2O3S/c1-11(2)23-17(22)12-7-9-13(10-8-12)20-16(21)14-5-3-4-6-15(14)19-18(20)24/h3-11H,1-2H3,(H,19,24). The van der Waals surface area contributed by atoms with Gasteiger partial charge in [-0.25, -0.2) is 4.79 Å². The van der Waals surface area contributed by atoms with Gasteiger partial charge in [-0.05, 0) is 62.5 Å². The maximum atomic E-state index is 12.7. The van der Waals surface area contributed by atoms with Crippen molar-refractivity contribution in [1.82, 2.24) is 9.55 Å². The lowest BCUT2D eigenvalue weighted by Crippen LogP contribution is -2.20. The fraction of sp³-hybridized carbons (Fsp3) is 0.167. The summed E-state index contributed by atoms with van der Waals surface area (Å²) in [5.74, 6) is -0.396. The van der Waals surface area contributed by atoms with Gasteiger partial charge in [0.15, 0.2) is 4.77 Å². The molecule has 3 rings (SSSR count). The monoisotopic (exact) mass is 340 g/mol. The Morgan fingerprint density at radius 3 is 2.46 bits per heavy atom. The molecule has 0 fully saturated rings. The first kappa shape index (κ1) is 16.1. The number of fused-ring (bicyclic) bond motifs is 1. The van der Waals surface area contributed by atoms with Crippen LogP contribution < -0.4 is 5.56 Å². The van der Waals surface area contributed by atoms with Crippen LogP contribution in [0.2, 0.25) is 0 Å². The molecule has 122 valence electrons. The smallest absolute Gasteiger partial charge is 0.338 e. The zero-order chi connectivity index (χ0) is 17.3. The number of hydrogen-bond donors (Lipinski definition) is 1. The van der Waals surface area contributed by atoms with Crippen molar-refractivity contribution < 1.29 is 9.53 Å². The average molecular weight is 340 g/mol. The molecule has 0 aliphatic carbocycles. The first-order valence-electron chi connectivity index (χ1n) is 7.53. The highest BCUT2D eigenvalue weighted by molar-refractivity contribution is 7.71. The quantitative estimate of drug-likeness (QED) is 0.584. The first-order valence-corrected chi connectivity index (χ1v) is 7.93. The number of aromatic amines is 1. The number of benzene rings is 2. The molecule has 0 saturated carbocycles. The van der Waals surface area contributed by atoms with Gasteiger partial charge in [0.25, 0.3) is 5.56 Å². The van der Waals surface area contributed by atoms with Crippen LogP contribution in [0.15, 0.2) is 53.3 Å². The Bertz CT molecular complexity index is 1020. The minimum absolute atomic E-state index is 0.186. The van der Waals surface area contributed by atoms with Gasteiger partial charge in [-0.3, -0.25) is 9.36 Å². The van der Waals surface area contributed by atoms with Crippen LogP contribution in [0, 0.1) is 4.77 Å². The van der Waals surface area contributed by atoms with E-state index in [0.29, 0.717) is 26.9 Å². The molecule has 1 N–H and O–H groups in total. The second-order valence-electron chi connectivity index (χ2n) is 5.62. The Hall–Kier alpha value is -2.73. The van der Waals surface area contributed by atoms with E-state index < -0.39 is 5.97 Å². The summed E-state index contributed by atoms with van der Waals surface area (Å²) in [4.78, 5) is 27.6. The van der Waals surface area contributed by atoms with E-state index >= 15 is 0 Å². The predicted octanol–water partition coefficient (Wildman–Crippen LogP) is 3.61. The van der Waals surface area contributed by atoms with Crippen LogP contribution in [-0.4, -0.2) is 21.6 Å². The van der Waals surface area contributed by atoms with Gasteiger partial charge in [-0.15, -0.1) is 0 Å². The molecule has 0 unspecified atom stereocenters. The second kappa shape index (κ2) is 6.41. The molecule has 5 nitrogen and oxygen atoms in total. The number of nitrogens with one attached hydrogen (secondary N) is 1. The van der Waals surface area contributed by atoms with E-state index in [1.807, 2.05) is 12.1 Å². The molecule has 24 heavy (non-hydrogen) atoms. The van der Waals surface area contributed by atoms with Crippen LogP contribution in [0.4, 0.5) is 0 Å². The molecule has 1 heterocycles. The van der Waals surface area contributed by atoms with Gasteiger partial charge >= 0.3 is 5.97 Å². The second-order valence-corrected chi connectivity index (χ2v) is 6.00. The predicted molar refractivity (Wildman–Crippen MR) is 95.3 cm³/mol. The largest absolute Gasteiger partial charge is 0.459 e. The zero-order valence-corrected chi connectivity index (χ0v) is 14.1. The first-order chi connectivity index (χ1) is 11.5. The zero-order valence-electron chi connectivity index (χ0n) is 13.3. The topological polar surface area (TPSA) is 64.1 Å². The van der Waals surface area contributed by atoms with Gasteiger partial charge in [-0.2, -0.15) is 0 Å². The van der Waals surface area contributed by atoms with E-state index in [2.05, 4.69) is 4.98 Å². The minimum atomic E-state index is -0.396. The summed E-state index contributed by atoms with van der Waals surface area (Å²) in [5, 5.41) is 0.550. The highest BCUT2D eigenvalue weighted by Crippen LogP contribution is 2.13. The maximum absolute atomic E-state index is 12.7. The summed E-state index contributed by atoms with van der Waals surface area (Å²) in [6.07, 6.45) is -0.186. The van der Waals surface area contributed by atoms with Gasteiger partial charge in [0.1, 0.15) is 0 Å². The van der Waals surface area contributed by atoms with Gasteiger partial charge < -0.3 is 9.72 Å². The number of aromatic nitrogens is 2. The number of carbonyl (C=O) groups is 1. The van der Waals surface area contributed by atoms with Gasteiger partial charge in [0.05, 0.1) is 28.3 Å². The van der Waals surface area contributed by atoms with Gasteiger partial charge in [0.2, 0.25) is 0 Å². The van der Waals surface area contributed by atoms with Crippen molar-refractivity contribution in [2.75, 3.05) is 0 Å². The Morgan fingerprint density at radius 2 is 1.79 bits per heavy atom. The van der Waals surface area contributed by atoms with Crippen molar-refractivity contribution in [2.24, 2.45) is 0 Å². The molecule has 0 radical (unpaired) electrons. The van der Waals surface area contributed by atoms with E-state index in [1.165, 1.54) is 4.57 Å². The van der Waals surface area contributed by atoms with E-state index in [-0.39, 0.29) is 11.7 Å². The maximum Gasteiger partial charge on any atom is 0.338 e. The summed E-state index contributed by atoms with van der Waals surface area (Å²) < 4.78 is 6.87. The molecular formula is C18H16N2O3S. The Kier molecular flexibility index (Phi) is 4.31. The van der Waals surface area contributed by atoms with Crippen molar-refractivity contribution in [3.63, 3.8) is 0 Å². The summed E-state index contributed by atoms with van der Waals surface area (Å²) >= 11 is 5.31. The van der Waals surface area contributed by atoms with Crippen molar-refractivity contribution in [1.29, 1.82) is 0 Å². The van der Waals surface area contributed by atoms with Crippen LogP contribution in [0.1, 0.15) is 24.2 Å². The molecule has 0 spiro atoms. The van der Waals surface area contributed by atoms with Crippen LogP contribution in [0.5, 0.6) is 0 Å². The summed E-state index contributed by atoms with van der Waals surface area (Å²) in [7, 11) is 0. The number of rotatable bonds is 3. The van der Waals surface area contributed by atoms with E-state index in [1.54, 1.807) is 50.2 Å². The lowest BCUT2D eigenvalue weighted by molar-refractivity contribution is 0.0378. The van der Waals surface area contributed by atoms with Crippen molar-refractivity contribution in [2.45, 2.75) is 20.0 Å². The highest BCUT2D eigenvalue weighted by atomic mass is 32.1. The number of esters is 1. The summed E-state index contributed by atoms with van der Waals surface area (Å²) in [5.41, 5.74) is 1.51. The molecule has 6 heteroatoms. The third kappa shape index (κ3) is 3.00. The number of hydrogen-bond acceptors (Lipinski definition) is 4. The van der Waals surface area contributed by atoms with E-state index in [0.717, 1.165) is 0 Å². The Balaban J connectivity index is 2.07. The molecular weight excluding hydrogens is 324 g/mol. The van der Waals surface area contributed by atoms with Crippen molar-refractivity contribution in [3.8, 4) is 5.69 Å². The third-order valence-corrected chi connectivity index (χ3v) is 3.79. The van der Waals surface area contributed by atoms with Gasteiger partial charge in [-0.1, -0.05) is 12.1 Å². The molecule has 0 saturated heterocycles. The molecule has 0 amide bonds. The number of carbonyl (C=O) groups excluding carboxylic acids is 1. The summed E-state index contributed by atoms with van der Waals surface area (Å²) in [6.45, 7) is 3.58. The lowest BCUT2D eigenvalue weighted by Gasteiger charge is -2.10.